The number of hydrogen-bond acceptors (Lipinski definition) is 3. The molecular weight excluding hydrogens is 258 g/mol. The van der Waals surface area contributed by atoms with Crippen molar-refractivity contribution in [1.82, 2.24) is 5.32 Å². The molecular formula is C15H11NO2S. The molecule has 1 aliphatic rings. The Morgan fingerprint density at radius 1 is 1.11 bits per heavy atom. The molecule has 4 heteroatoms. The van der Waals surface area contributed by atoms with Crippen LogP contribution in [0.5, 0.6) is 0 Å². The first-order valence-corrected chi connectivity index (χ1v) is 6.79. The quantitative estimate of drug-likeness (QED) is 0.673. The summed E-state index contributed by atoms with van der Waals surface area (Å²) in [6.45, 7) is 0. The topological polar surface area (TPSA) is 46.2 Å². The van der Waals surface area contributed by atoms with E-state index < -0.39 is 0 Å². The van der Waals surface area contributed by atoms with E-state index in [0.29, 0.717) is 5.70 Å². The van der Waals surface area contributed by atoms with Gasteiger partial charge in [-0.15, -0.1) is 11.3 Å². The Labute approximate surface area is 114 Å². The Hall–Kier alpha value is -2.20. The van der Waals surface area contributed by atoms with Crippen LogP contribution in [0.2, 0.25) is 0 Å². The van der Waals surface area contributed by atoms with Crippen LogP contribution in [-0.4, -0.2) is 11.7 Å². The summed E-state index contributed by atoms with van der Waals surface area (Å²) < 4.78 is 0. The first kappa shape index (κ1) is 11.9. The van der Waals surface area contributed by atoms with Gasteiger partial charge in [-0.3, -0.25) is 9.59 Å². The van der Waals surface area contributed by atoms with Crippen LogP contribution in [0.15, 0.2) is 47.5 Å². The van der Waals surface area contributed by atoms with Crippen molar-refractivity contribution < 1.29 is 9.59 Å². The van der Waals surface area contributed by atoms with Crippen molar-refractivity contribution in [3.8, 4) is 10.4 Å². The predicted octanol–water partition coefficient (Wildman–Crippen LogP) is 2.85. The maximum Gasteiger partial charge on any atom is 0.232 e. The van der Waals surface area contributed by atoms with Crippen molar-refractivity contribution in [1.29, 1.82) is 0 Å². The van der Waals surface area contributed by atoms with E-state index in [-0.39, 0.29) is 18.1 Å². The number of benzene rings is 1. The molecule has 0 bridgehead atoms. The summed E-state index contributed by atoms with van der Waals surface area (Å²) >= 11 is 1.69. The highest BCUT2D eigenvalue weighted by Crippen LogP contribution is 2.25. The maximum atomic E-state index is 11.5. The number of hydrogen-bond donors (Lipinski definition) is 1. The van der Waals surface area contributed by atoms with E-state index in [0.717, 1.165) is 11.1 Å². The van der Waals surface area contributed by atoms with Gasteiger partial charge in [-0.25, -0.2) is 0 Å². The van der Waals surface area contributed by atoms with Gasteiger partial charge in [0.1, 0.15) is 0 Å². The maximum absolute atomic E-state index is 11.5. The lowest BCUT2D eigenvalue weighted by molar-refractivity contribution is -0.121. The number of ketones is 1. The first-order chi connectivity index (χ1) is 9.22. The molecule has 2 aromatic rings. The Kier molecular flexibility index (Phi) is 3.01. The molecule has 94 valence electrons. The third-order valence-corrected chi connectivity index (χ3v) is 3.84. The van der Waals surface area contributed by atoms with Crippen LogP contribution < -0.4 is 5.32 Å². The zero-order valence-electron chi connectivity index (χ0n) is 10.1. The molecule has 19 heavy (non-hydrogen) atoms. The SMILES string of the molecule is O=C1CC(=O)/C(=C/c2ccc(-c3cccs3)cc2)N1. The summed E-state index contributed by atoms with van der Waals surface area (Å²) in [4.78, 5) is 23.8. The van der Waals surface area contributed by atoms with Crippen molar-refractivity contribution in [2.24, 2.45) is 0 Å². The van der Waals surface area contributed by atoms with Gasteiger partial charge in [0.15, 0.2) is 5.78 Å². The highest BCUT2D eigenvalue weighted by atomic mass is 32.1. The smallest absolute Gasteiger partial charge is 0.232 e. The fraction of sp³-hybridized carbons (Fsp3) is 0.0667. The number of nitrogens with one attached hydrogen (secondary N) is 1. The first-order valence-electron chi connectivity index (χ1n) is 5.91. The average molecular weight is 269 g/mol. The number of Topliss-reactive ketones (excluding diaryl/α,β-unsaturated/α-hetero) is 1. The third-order valence-electron chi connectivity index (χ3n) is 2.92. The fourth-order valence-corrected chi connectivity index (χ4v) is 2.71. The zero-order chi connectivity index (χ0) is 13.2. The number of amides is 1. The van der Waals surface area contributed by atoms with Crippen LogP contribution >= 0.6 is 11.3 Å². The second-order valence-corrected chi connectivity index (χ2v) is 5.25. The molecule has 0 atom stereocenters. The predicted molar refractivity (Wildman–Crippen MR) is 75.5 cm³/mol. The van der Waals surface area contributed by atoms with Crippen LogP contribution in [0, 0.1) is 0 Å². The summed E-state index contributed by atoms with van der Waals surface area (Å²) in [6, 6.07) is 12.0. The van der Waals surface area contributed by atoms with Crippen molar-refractivity contribution in [2.75, 3.05) is 0 Å². The van der Waals surface area contributed by atoms with Crippen LogP contribution in [0.3, 0.4) is 0 Å². The van der Waals surface area contributed by atoms with Crippen molar-refractivity contribution in [3.63, 3.8) is 0 Å². The van der Waals surface area contributed by atoms with Crippen molar-refractivity contribution >= 4 is 29.1 Å². The molecule has 3 rings (SSSR count). The van der Waals surface area contributed by atoms with Crippen LogP contribution in [0.1, 0.15) is 12.0 Å². The largest absolute Gasteiger partial charge is 0.323 e. The number of allylic oxidation sites excluding steroid dienone is 1. The molecule has 1 amide bonds. The summed E-state index contributed by atoms with van der Waals surface area (Å²) in [7, 11) is 0. The number of carbonyl (C=O) groups is 2. The van der Waals surface area contributed by atoms with Gasteiger partial charge < -0.3 is 5.32 Å². The van der Waals surface area contributed by atoms with E-state index in [1.807, 2.05) is 35.7 Å². The minimum Gasteiger partial charge on any atom is -0.323 e. The Morgan fingerprint density at radius 2 is 1.89 bits per heavy atom. The lowest BCUT2D eigenvalue weighted by Crippen LogP contribution is -2.12. The van der Waals surface area contributed by atoms with Gasteiger partial charge in [-0.1, -0.05) is 30.3 Å². The molecule has 2 heterocycles. The van der Waals surface area contributed by atoms with Gasteiger partial charge in [0, 0.05) is 4.88 Å². The zero-order valence-corrected chi connectivity index (χ0v) is 10.9. The average Bonchev–Trinajstić information content (AvgIpc) is 3.01. The summed E-state index contributed by atoms with van der Waals surface area (Å²) in [5.74, 6) is -0.376. The van der Waals surface area contributed by atoms with E-state index in [9.17, 15) is 9.59 Å². The van der Waals surface area contributed by atoms with Gasteiger partial charge in [-0.05, 0) is 28.6 Å². The minimum absolute atomic E-state index is 0.0425. The number of thiophene rings is 1. The van der Waals surface area contributed by atoms with Gasteiger partial charge >= 0.3 is 0 Å². The molecule has 0 saturated carbocycles. The van der Waals surface area contributed by atoms with E-state index in [4.69, 9.17) is 0 Å². The number of rotatable bonds is 2. The van der Waals surface area contributed by atoms with E-state index in [1.54, 1.807) is 17.4 Å². The standard InChI is InChI=1S/C15H11NO2S/c17-13-9-15(18)16-12(13)8-10-3-5-11(6-4-10)14-2-1-7-19-14/h1-8H,9H2,(H,16,18)/b12-8-. The molecule has 1 N–H and O–H groups in total. The van der Waals surface area contributed by atoms with E-state index >= 15 is 0 Å². The Morgan fingerprint density at radius 3 is 2.47 bits per heavy atom. The lowest BCUT2D eigenvalue weighted by Gasteiger charge is -2.00. The monoisotopic (exact) mass is 269 g/mol. The van der Waals surface area contributed by atoms with Crippen molar-refractivity contribution in [3.05, 3.63) is 53.0 Å². The molecule has 0 spiro atoms. The van der Waals surface area contributed by atoms with E-state index in [1.165, 1.54) is 4.88 Å². The summed E-state index contributed by atoms with van der Waals surface area (Å²) in [5, 5.41) is 4.61. The highest BCUT2D eigenvalue weighted by molar-refractivity contribution is 7.13. The molecule has 1 aliphatic heterocycles. The van der Waals surface area contributed by atoms with Gasteiger partial charge in [-0.2, -0.15) is 0 Å². The third kappa shape index (κ3) is 2.48. The van der Waals surface area contributed by atoms with Gasteiger partial charge in [0.2, 0.25) is 5.91 Å². The highest BCUT2D eigenvalue weighted by Gasteiger charge is 2.23. The second-order valence-electron chi connectivity index (χ2n) is 4.31. The molecule has 1 aromatic carbocycles. The molecule has 0 unspecified atom stereocenters. The van der Waals surface area contributed by atoms with E-state index in [2.05, 4.69) is 11.4 Å². The van der Waals surface area contributed by atoms with Crippen molar-refractivity contribution in [2.45, 2.75) is 6.42 Å². The lowest BCUT2D eigenvalue weighted by atomic mass is 10.1. The Bertz CT molecular complexity index is 654. The molecule has 1 fully saturated rings. The van der Waals surface area contributed by atoms with Crippen LogP contribution in [0.25, 0.3) is 16.5 Å². The molecule has 0 radical (unpaired) electrons. The van der Waals surface area contributed by atoms with Crippen LogP contribution in [-0.2, 0) is 9.59 Å². The second kappa shape index (κ2) is 4.82. The normalized spacial score (nSPS) is 16.9. The minimum atomic E-state index is -0.230. The summed E-state index contributed by atoms with van der Waals surface area (Å²) in [6.07, 6.45) is 1.67. The molecule has 0 aliphatic carbocycles. The van der Waals surface area contributed by atoms with Gasteiger partial charge in [0.25, 0.3) is 0 Å². The fourth-order valence-electron chi connectivity index (χ4n) is 1.97. The number of carbonyl (C=O) groups excluding carboxylic acids is 2. The Balaban J connectivity index is 1.86. The van der Waals surface area contributed by atoms with Gasteiger partial charge in [0.05, 0.1) is 12.1 Å². The van der Waals surface area contributed by atoms with Crippen LogP contribution in [0.4, 0.5) is 0 Å². The summed E-state index contributed by atoms with van der Waals surface area (Å²) in [5.41, 5.74) is 2.44. The molecule has 3 nitrogen and oxygen atoms in total. The molecule has 1 aromatic heterocycles. The molecule has 1 saturated heterocycles.